The van der Waals surface area contributed by atoms with Crippen molar-refractivity contribution >= 4 is 40.1 Å². The van der Waals surface area contributed by atoms with Crippen molar-refractivity contribution in [2.75, 3.05) is 0 Å². The van der Waals surface area contributed by atoms with Gasteiger partial charge in [-0.15, -0.1) is 0 Å². The molecule has 0 N–H and O–H groups in total. The van der Waals surface area contributed by atoms with Crippen molar-refractivity contribution < 1.29 is 4.39 Å². The summed E-state index contributed by atoms with van der Waals surface area (Å²) in [5.74, 6) is -0.252. The number of benzene rings is 1. The van der Waals surface area contributed by atoms with Crippen LogP contribution in [-0.2, 0) is 0 Å². The molecule has 0 saturated heterocycles. The van der Waals surface area contributed by atoms with Crippen molar-refractivity contribution in [2.24, 2.45) is 0 Å². The smallest absolute Gasteiger partial charge is 0.163 e. The molecule has 1 aromatic carbocycles. The van der Waals surface area contributed by atoms with Crippen LogP contribution in [0.1, 0.15) is 0 Å². The number of fused-ring (bicyclic) bond motifs is 1. The van der Waals surface area contributed by atoms with Crippen LogP contribution in [-0.4, -0.2) is 12.8 Å². The highest BCUT2D eigenvalue weighted by molar-refractivity contribution is 9.10. The maximum absolute atomic E-state index is 13.1. The van der Waals surface area contributed by atoms with Crippen LogP contribution in [0.3, 0.4) is 0 Å². The van der Waals surface area contributed by atoms with Gasteiger partial charge < -0.3 is 0 Å². The highest BCUT2D eigenvalue weighted by Gasteiger charge is 2.01. The predicted octanol–water partition coefficient (Wildman–Crippen LogP) is 1.39. The van der Waals surface area contributed by atoms with Crippen LogP contribution in [0.2, 0.25) is 0 Å². The van der Waals surface area contributed by atoms with Crippen LogP contribution in [0, 0.1) is 5.82 Å². The van der Waals surface area contributed by atoms with Gasteiger partial charge in [-0.25, -0.2) is 4.39 Å². The van der Waals surface area contributed by atoms with E-state index < -0.39 is 0 Å². The summed E-state index contributed by atoms with van der Waals surface area (Å²) in [4.78, 5) is 4.10. The van der Waals surface area contributed by atoms with Crippen LogP contribution in [0.4, 0.5) is 4.39 Å². The van der Waals surface area contributed by atoms with Crippen LogP contribution in [0.5, 0.6) is 0 Å². The summed E-state index contributed by atoms with van der Waals surface area (Å²) in [6.45, 7) is 0. The Morgan fingerprint density at radius 2 is 2.00 bits per heavy atom. The van der Waals surface area contributed by atoms with E-state index in [-0.39, 0.29) is 5.82 Å². The van der Waals surface area contributed by atoms with E-state index in [0.29, 0.717) is 4.47 Å². The molecule has 1 aromatic heterocycles. The van der Waals surface area contributed by atoms with Gasteiger partial charge in [-0.3, -0.25) is 4.98 Å². The Hall–Kier alpha value is -0.895. The highest BCUT2D eigenvalue weighted by Crippen LogP contribution is 2.21. The Morgan fingerprint density at radius 1 is 1.23 bits per heavy atom. The first kappa shape index (κ1) is 8.69. The first-order valence-corrected chi connectivity index (χ1v) is 4.67. The lowest BCUT2D eigenvalue weighted by molar-refractivity contribution is 0.623. The van der Waals surface area contributed by atoms with Gasteiger partial charge in [0, 0.05) is 11.6 Å². The average molecular weight is 238 g/mol. The summed E-state index contributed by atoms with van der Waals surface area (Å²) in [6.07, 6.45) is 1.68. The standard InChI is InChI=1S/C9H6BBrFN/c10-9-3-5-1-7(11)8(12)2-6(5)4-13-9/h1-4H,10H2. The van der Waals surface area contributed by atoms with Crippen LogP contribution in [0.15, 0.2) is 28.9 Å². The summed E-state index contributed by atoms with van der Waals surface area (Å²) >= 11 is 3.15. The van der Waals surface area contributed by atoms with Crippen LogP contribution >= 0.6 is 15.9 Å². The number of aromatic nitrogens is 1. The van der Waals surface area contributed by atoms with E-state index in [2.05, 4.69) is 20.9 Å². The van der Waals surface area contributed by atoms with Gasteiger partial charge in [0.05, 0.1) is 4.47 Å². The van der Waals surface area contributed by atoms with Crippen molar-refractivity contribution in [2.45, 2.75) is 0 Å². The van der Waals surface area contributed by atoms with Crippen LogP contribution in [0.25, 0.3) is 10.8 Å². The molecule has 0 radical (unpaired) electrons. The Kier molecular flexibility index (Phi) is 2.08. The first-order valence-electron chi connectivity index (χ1n) is 3.88. The third kappa shape index (κ3) is 1.58. The van der Waals surface area contributed by atoms with Crippen LogP contribution < -0.4 is 5.59 Å². The SMILES string of the molecule is Bc1cc2cc(Br)c(F)cc2cn1. The van der Waals surface area contributed by atoms with E-state index in [9.17, 15) is 4.39 Å². The van der Waals surface area contributed by atoms with Gasteiger partial charge >= 0.3 is 0 Å². The Labute approximate surface area is 84.5 Å². The van der Waals surface area contributed by atoms with Gasteiger partial charge in [0.2, 0.25) is 0 Å². The predicted molar refractivity (Wildman–Crippen MR) is 57.6 cm³/mol. The molecule has 0 aliphatic carbocycles. The lowest BCUT2D eigenvalue weighted by Gasteiger charge is -2.00. The number of hydrogen-bond donors (Lipinski definition) is 0. The minimum atomic E-state index is -0.252. The largest absolute Gasteiger partial charge is 0.271 e. The first-order chi connectivity index (χ1) is 6.16. The fourth-order valence-electron chi connectivity index (χ4n) is 1.25. The highest BCUT2D eigenvalue weighted by atomic mass is 79.9. The molecule has 1 heterocycles. The molecule has 0 saturated carbocycles. The average Bonchev–Trinajstić information content (AvgIpc) is 2.08. The van der Waals surface area contributed by atoms with E-state index >= 15 is 0 Å². The lowest BCUT2D eigenvalue weighted by Crippen LogP contribution is -2.06. The maximum Gasteiger partial charge on any atom is 0.163 e. The zero-order valence-corrected chi connectivity index (χ0v) is 8.60. The molecule has 0 bridgehead atoms. The fraction of sp³-hybridized carbons (Fsp3) is 0. The molecule has 0 aliphatic heterocycles. The second-order valence-corrected chi connectivity index (χ2v) is 3.79. The molecule has 0 atom stereocenters. The number of rotatable bonds is 0. The van der Waals surface area contributed by atoms with E-state index in [1.807, 2.05) is 13.9 Å². The second-order valence-electron chi connectivity index (χ2n) is 2.94. The third-order valence-corrected chi connectivity index (χ3v) is 2.51. The van der Waals surface area contributed by atoms with Gasteiger partial charge in [0.25, 0.3) is 0 Å². The van der Waals surface area contributed by atoms with E-state index in [0.717, 1.165) is 16.4 Å². The van der Waals surface area contributed by atoms with Crippen molar-refractivity contribution in [1.82, 2.24) is 4.98 Å². The van der Waals surface area contributed by atoms with Crippen molar-refractivity contribution in [3.8, 4) is 0 Å². The van der Waals surface area contributed by atoms with Gasteiger partial charge in [-0.05, 0) is 45.1 Å². The second kappa shape index (κ2) is 3.11. The van der Waals surface area contributed by atoms with Gasteiger partial charge in [0.15, 0.2) is 7.85 Å². The van der Waals surface area contributed by atoms with Crippen molar-refractivity contribution in [3.63, 3.8) is 0 Å². The lowest BCUT2D eigenvalue weighted by atomic mass is 10.0. The Bertz CT molecular complexity index is 472. The summed E-state index contributed by atoms with van der Waals surface area (Å²) in [7, 11) is 1.91. The summed E-state index contributed by atoms with van der Waals surface area (Å²) in [5, 5.41) is 1.83. The molecular formula is C9H6BBrFN. The zero-order valence-electron chi connectivity index (χ0n) is 7.01. The van der Waals surface area contributed by atoms with E-state index in [1.165, 1.54) is 6.07 Å². The molecule has 2 rings (SSSR count). The summed E-state index contributed by atoms with van der Waals surface area (Å²) < 4.78 is 13.6. The Balaban J connectivity index is 2.81. The number of pyridine rings is 1. The number of hydrogen-bond acceptors (Lipinski definition) is 1. The number of halogens is 2. The molecule has 64 valence electrons. The number of nitrogens with zero attached hydrogens (tertiary/aromatic N) is 1. The molecule has 1 nitrogen and oxygen atoms in total. The minimum Gasteiger partial charge on any atom is -0.271 e. The quantitative estimate of drug-likeness (QED) is 0.632. The van der Waals surface area contributed by atoms with Gasteiger partial charge in [-0.2, -0.15) is 0 Å². The molecule has 0 fully saturated rings. The van der Waals surface area contributed by atoms with Crippen molar-refractivity contribution in [1.29, 1.82) is 0 Å². The monoisotopic (exact) mass is 237 g/mol. The summed E-state index contributed by atoms with van der Waals surface area (Å²) in [6, 6.07) is 5.17. The van der Waals surface area contributed by atoms with Gasteiger partial charge in [-0.1, -0.05) is 0 Å². The summed E-state index contributed by atoms with van der Waals surface area (Å²) in [5.41, 5.74) is 0.936. The molecular weight excluding hydrogens is 232 g/mol. The Morgan fingerprint density at radius 3 is 2.77 bits per heavy atom. The molecule has 0 aliphatic rings. The normalized spacial score (nSPS) is 10.6. The molecule has 4 heteroatoms. The van der Waals surface area contributed by atoms with E-state index in [4.69, 9.17) is 0 Å². The molecule has 0 unspecified atom stereocenters. The van der Waals surface area contributed by atoms with Crippen molar-refractivity contribution in [3.05, 3.63) is 34.7 Å². The molecule has 13 heavy (non-hydrogen) atoms. The maximum atomic E-state index is 13.1. The molecule has 0 amide bonds. The van der Waals surface area contributed by atoms with Gasteiger partial charge in [0.1, 0.15) is 5.82 Å². The topological polar surface area (TPSA) is 12.9 Å². The minimum absolute atomic E-state index is 0.252. The zero-order chi connectivity index (χ0) is 9.42. The third-order valence-electron chi connectivity index (χ3n) is 1.90. The molecule has 0 spiro atoms. The fourth-order valence-corrected chi connectivity index (χ4v) is 1.61. The van der Waals surface area contributed by atoms with E-state index in [1.54, 1.807) is 12.3 Å². The molecule has 2 aromatic rings.